The Labute approximate surface area is 73.3 Å². The van der Waals surface area contributed by atoms with Crippen LogP contribution in [-0.2, 0) is 0 Å². The molecule has 0 bridgehead atoms. The smallest absolute Gasteiger partial charge is 0.00506 e. The first-order chi connectivity index (χ1) is 5.97. The van der Waals surface area contributed by atoms with Crippen molar-refractivity contribution in [2.75, 3.05) is 0 Å². The van der Waals surface area contributed by atoms with Crippen molar-refractivity contribution in [1.82, 2.24) is 0 Å². The first kappa shape index (κ1) is 7.35. The van der Waals surface area contributed by atoms with Crippen LogP contribution in [0.25, 0.3) is 0 Å². The SMILES string of the molecule is C1=CC=CC2C=CC=CC2C=C1. The Balaban J connectivity index is 2.28. The van der Waals surface area contributed by atoms with Crippen LogP contribution < -0.4 is 0 Å². The molecule has 0 saturated heterocycles. The van der Waals surface area contributed by atoms with Gasteiger partial charge in [0, 0.05) is 11.8 Å². The van der Waals surface area contributed by atoms with E-state index >= 15 is 0 Å². The molecule has 0 N–H and O–H groups in total. The highest BCUT2D eigenvalue weighted by Crippen LogP contribution is 2.23. The zero-order valence-electron chi connectivity index (χ0n) is 6.93. The third kappa shape index (κ3) is 1.48. The summed E-state index contributed by atoms with van der Waals surface area (Å²) >= 11 is 0. The van der Waals surface area contributed by atoms with E-state index in [2.05, 4.69) is 60.8 Å². The second-order valence-electron chi connectivity index (χ2n) is 3.08. The van der Waals surface area contributed by atoms with E-state index in [-0.39, 0.29) is 0 Å². The summed E-state index contributed by atoms with van der Waals surface area (Å²) in [6.07, 6.45) is 21.6. The highest BCUT2D eigenvalue weighted by atomic mass is 14.2. The molecule has 0 atom stereocenters. The fourth-order valence-electron chi connectivity index (χ4n) is 1.54. The first-order valence-electron chi connectivity index (χ1n) is 4.33. The Morgan fingerprint density at radius 1 is 0.417 bits per heavy atom. The standard InChI is InChI=1S/C12H12/c1-2-4-8-12-10-6-5-9-11(12)7-3-1/h1-12H. The average molecular weight is 156 g/mol. The van der Waals surface area contributed by atoms with E-state index in [0.29, 0.717) is 11.8 Å². The molecular formula is C12H12. The van der Waals surface area contributed by atoms with Gasteiger partial charge >= 0.3 is 0 Å². The van der Waals surface area contributed by atoms with Gasteiger partial charge in [0.1, 0.15) is 0 Å². The molecule has 0 spiro atoms. The second kappa shape index (κ2) is 3.40. The minimum absolute atomic E-state index is 0.552. The lowest BCUT2D eigenvalue weighted by Gasteiger charge is -2.17. The summed E-state index contributed by atoms with van der Waals surface area (Å²) in [5, 5.41) is 0. The van der Waals surface area contributed by atoms with E-state index in [1.165, 1.54) is 0 Å². The van der Waals surface area contributed by atoms with Gasteiger partial charge in [-0.2, -0.15) is 0 Å². The molecule has 2 aliphatic carbocycles. The molecule has 2 rings (SSSR count). The molecule has 0 unspecified atom stereocenters. The van der Waals surface area contributed by atoms with Crippen LogP contribution in [-0.4, -0.2) is 0 Å². The molecule has 2 aliphatic rings. The van der Waals surface area contributed by atoms with Gasteiger partial charge in [0.25, 0.3) is 0 Å². The number of rotatable bonds is 0. The van der Waals surface area contributed by atoms with Crippen LogP contribution >= 0.6 is 0 Å². The summed E-state index contributed by atoms with van der Waals surface area (Å²) in [6.45, 7) is 0. The minimum Gasteiger partial charge on any atom is -0.0767 e. The van der Waals surface area contributed by atoms with Crippen LogP contribution in [0.15, 0.2) is 60.8 Å². The van der Waals surface area contributed by atoms with Gasteiger partial charge < -0.3 is 0 Å². The number of fused-ring (bicyclic) bond motifs is 1. The lowest BCUT2D eigenvalue weighted by Crippen LogP contribution is -2.07. The Bertz CT molecular complexity index is 257. The molecule has 0 nitrogen and oxygen atoms in total. The van der Waals surface area contributed by atoms with Gasteiger partial charge in [0.15, 0.2) is 0 Å². The van der Waals surface area contributed by atoms with Crippen molar-refractivity contribution in [2.45, 2.75) is 0 Å². The largest absolute Gasteiger partial charge is 0.0767 e. The fourth-order valence-corrected chi connectivity index (χ4v) is 1.54. The highest BCUT2D eigenvalue weighted by Gasteiger charge is 2.12. The zero-order valence-corrected chi connectivity index (χ0v) is 6.93. The van der Waals surface area contributed by atoms with Crippen LogP contribution in [0.4, 0.5) is 0 Å². The Hall–Kier alpha value is -1.30. The summed E-state index contributed by atoms with van der Waals surface area (Å²) in [7, 11) is 0. The van der Waals surface area contributed by atoms with E-state index in [4.69, 9.17) is 0 Å². The van der Waals surface area contributed by atoms with Crippen LogP contribution in [0.3, 0.4) is 0 Å². The summed E-state index contributed by atoms with van der Waals surface area (Å²) in [6, 6.07) is 0. The summed E-state index contributed by atoms with van der Waals surface area (Å²) in [5.41, 5.74) is 0. The Kier molecular flexibility index (Phi) is 2.08. The summed E-state index contributed by atoms with van der Waals surface area (Å²) in [4.78, 5) is 0. The minimum atomic E-state index is 0.552. The first-order valence-corrected chi connectivity index (χ1v) is 4.33. The predicted octanol–water partition coefficient (Wildman–Crippen LogP) is 3.03. The second-order valence-corrected chi connectivity index (χ2v) is 3.08. The zero-order chi connectivity index (χ0) is 8.23. The normalized spacial score (nSPS) is 31.3. The maximum absolute atomic E-state index is 2.24. The molecule has 0 amide bonds. The number of hydrogen-bond donors (Lipinski definition) is 0. The molecular weight excluding hydrogens is 144 g/mol. The molecule has 0 radical (unpaired) electrons. The van der Waals surface area contributed by atoms with Gasteiger partial charge in [-0.15, -0.1) is 0 Å². The lowest BCUT2D eigenvalue weighted by molar-refractivity contribution is 0.667. The van der Waals surface area contributed by atoms with E-state index < -0.39 is 0 Å². The topological polar surface area (TPSA) is 0 Å². The molecule has 0 heterocycles. The van der Waals surface area contributed by atoms with Gasteiger partial charge in [0.05, 0.1) is 0 Å². The molecule has 0 aromatic rings. The van der Waals surface area contributed by atoms with Crippen molar-refractivity contribution < 1.29 is 0 Å². The molecule has 0 aromatic carbocycles. The Morgan fingerprint density at radius 2 is 0.750 bits per heavy atom. The third-order valence-electron chi connectivity index (χ3n) is 2.22. The molecule has 0 heteroatoms. The molecule has 0 aliphatic heterocycles. The van der Waals surface area contributed by atoms with Crippen LogP contribution in [0.2, 0.25) is 0 Å². The van der Waals surface area contributed by atoms with Crippen molar-refractivity contribution in [3.05, 3.63) is 60.8 Å². The maximum Gasteiger partial charge on any atom is 0.00506 e. The van der Waals surface area contributed by atoms with Gasteiger partial charge in [-0.1, -0.05) is 60.8 Å². The average Bonchev–Trinajstić information content (AvgIpc) is 2.06. The van der Waals surface area contributed by atoms with E-state index in [0.717, 1.165) is 0 Å². The van der Waals surface area contributed by atoms with Gasteiger partial charge in [-0.25, -0.2) is 0 Å². The monoisotopic (exact) mass is 156 g/mol. The summed E-state index contributed by atoms with van der Waals surface area (Å²) < 4.78 is 0. The van der Waals surface area contributed by atoms with Crippen molar-refractivity contribution in [1.29, 1.82) is 0 Å². The number of hydrogen-bond acceptors (Lipinski definition) is 0. The van der Waals surface area contributed by atoms with Crippen molar-refractivity contribution in [3.63, 3.8) is 0 Å². The van der Waals surface area contributed by atoms with E-state index in [1.54, 1.807) is 0 Å². The Morgan fingerprint density at radius 3 is 1.17 bits per heavy atom. The molecule has 60 valence electrons. The van der Waals surface area contributed by atoms with Gasteiger partial charge in [-0.3, -0.25) is 0 Å². The quantitative estimate of drug-likeness (QED) is 0.505. The molecule has 0 aromatic heterocycles. The maximum atomic E-state index is 2.24. The van der Waals surface area contributed by atoms with Gasteiger partial charge in [-0.05, 0) is 0 Å². The van der Waals surface area contributed by atoms with Gasteiger partial charge in [0.2, 0.25) is 0 Å². The van der Waals surface area contributed by atoms with Crippen molar-refractivity contribution >= 4 is 0 Å². The highest BCUT2D eigenvalue weighted by molar-refractivity contribution is 5.27. The molecule has 0 saturated carbocycles. The molecule has 0 fully saturated rings. The van der Waals surface area contributed by atoms with Crippen LogP contribution in [0.1, 0.15) is 0 Å². The fraction of sp³-hybridized carbons (Fsp3) is 0.167. The predicted molar refractivity (Wildman–Crippen MR) is 52.7 cm³/mol. The van der Waals surface area contributed by atoms with Crippen LogP contribution in [0.5, 0.6) is 0 Å². The van der Waals surface area contributed by atoms with E-state index in [1.807, 2.05) is 0 Å². The van der Waals surface area contributed by atoms with Crippen LogP contribution in [0, 0.1) is 11.8 Å². The molecule has 12 heavy (non-hydrogen) atoms. The lowest BCUT2D eigenvalue weighted by atomic mass is 9.87. The number of allylic oxidation sites excluding steroid dienone is 10. The van der Waals surface area contributed by atoms with Crippen molar-refractivity contribution in [3.8, 4) is 0 Å². The summed E-state index contributed by atoms with van der Waals surface area (Å²) in [5.74, 6) is 1.10. The third-order valence-corrected chi connectivity index (χ3v) is 2.22. The van der Waals surface area contributed by atoms with Crippen molar-refractivity contribution in [2.24, 2.45) is 11.8 Å². The van der Waals surface area contributed by atoms with E-state index in [9.17, 15) is 0 Å².